The second kappa shape index (κ2) is 25.9. The van der Waals surface area contributed by atoms with Gasteiger partial charge in [-0.3, -0.25) is 0 Å². The minimum Gasteiger partial charge on any atom is -0.423 e. The molecule has 0 aliphatic rings. The number of fused-ring (bicyclic) bond motifs is 14. The molecule has 0 atom stereocenters. The molecule has 20 aromatic rings. The topological polar surface area (TPSA) is 118 Å². The maximum atomic E-state index is 9.11. The molecule has 100 heavy (non-hydrogen) atoms. The monoisotopic (exact) mass is 1370 g/mol. The third kappa shape index (κ3) is 11.6. The van der Waals surface area contributed by atoms with Gasteiger partial charge in [0.1, 0.15) is 0 Å². The summed E-state index contributed by atoms with van der Waals surface area (Å²) < 4.78 is 9.98. The highest BCUT2D eigenvalue weighted by atomic mass is 35.5. The Morgan fingerprint density at radius 1 is 0.230 bits per heavy atom. The molecule has 6 aromatic heterocycles. The second-order valence-corrected chi connectivity index (χ2v) is 29.1. The van der Waals surface area contributed by atoms with Gasteiger partial charge in [0.2, 0.25) is 5.28 Å². The van der Waals surface area contributed by atoms with Gasteiger partial charge in [-0.2, -0.15) is 9.97 Å². The number of benzene rings is 14. The van der Waals surface area contributed by atoms with E-state index < -0.39 is 7.12 Å². The van der Waals surface area contributed by atoms with E-state index in [1.807, 2.05) is 30.3 Å². The van der Waals surface area contributed by atoms with Crippen LogP contribution < -0.4 is 5.46 Å². The Morgan fingerprint density at radius 2 is 0.490 bits per heavy atom. The lowest BCUT2D eigenvalue weighted by Crippen LogP contribution is -2.29. The lowest BCUT2D eigenvalue weighted by Gasteiger charge is -2.10. The predicted octanol–water partition coefficient (Wildman–Crippen LogP) is 23.2. The Morgan fingerprint density at radius 3 is 0.840 bits per heavy atom. The van der Waals surface area contributed by atoms with Gasteiger partial charge >= 0.3 is 7.12 Å². The molecule has 0 aliphatic heterocycles. The summed E-state index contributed by atoms with van der Waals surface area (Å²) >= 11 is 13.5. The molecule has 6 heterocycles. The largest absolute Gasteiger partial charge is 0.488 e. The zero-order valence-electron chi connectivity index (χ0n) is 53.0. The van der Waals surface area contributed by atoms with Crippen LogP contribution in [0.3, 0.4) is 0 Å². The molecule has 14 aromatic carbocycles. The zero-order chi connectivity index (χ0) is 66.8. The van der Waals surface area contributed by atoms with Gasteiger partial charge in [0, 0.05) is 109 Å². The number of aromatic nitrogens is 6. The third-order valence-electron chi connectivity index (χ3n) is 18.3. The summed E-state index contributed by atoms with van der Waals surface area (Å²) in [5.41, 5.74) is 9.88. The second-order valence-electron chi connectivity index (χ2n) is 24.4. The van der Waals surface area contributed by atoms with Crippen molar-refractivity contribution in [2.45, 2.75) is 0 Å². The van der Waals surface area contributed by atoms with E-state index >= 15 is 0 Å². The Labute approximate surface area is 594 Å². The van der Waals surface area contributed by atoms with Crippen LogP contribution in [0.15, 0.2) is 303 Å². The van der Waals surface area contributed by atoms with Crippen molar-refractivity contribution in [3.8, 4) is 79.2 Å². The maximum Gasteiger partial charge on any atom is 0.488 e. The van der Waals surface area contributed by atoms with Crippen molar-refractivity contribution in [3.63, 3.8) is 0 Å². The molecule has 2 N–H and O–H groups in total. The molecule has 0 spiro atoms. The molecule has 0 amide bonds. The van der Waals surface area contributed by atoms with Crippen LogP contribution in [0.25, 0.3) is 181 Å². The van der Waals surface area contributed by atoms with E-state index in [0.717, 1.165) is 44.5 Å². The molecule has 0 saturated carbocycles. The summed E-state index contributed by atoms with van der Waals surface area (Å²) in [6.07, 6.45) is 0. The average molecular weight is 1380 g/mol. The van der Waals surface area contributed by atoms with Gasteiger partial charge in [0.15, 0.2) is 29.1 Å². The minimum absolute atomic E-state index is 0.197. The fourth-order valence-electron chi connectivity index (χ4n) is 13.4. The first kappa shape index (κ1) is 61.1. The van der Waals surface area contributed by atoms with Crippen LogP contribution in [0.4, 0.5) is 0 Å². The normalized spacial score (nSPS) is 11.6. The fourth-order valence-corrected chi connectivity index (χ4v) is 18.2. The van der Waals surface area contributed by atoms with Crippen LogP contribution in [-0.4, -0.2) is 47.1 Å². The van der Waals surface area contributed by atoms with Gasteiger partial charge < -0.3 is 10.0 Å². The fraction of sp³-hybridized carbons (Fsp3) is 0. The Kier molecular flexibility index (Phi) is 15.8. The van der Waals surface area contributed by atoms with Crippen LogP contribution in [0.5, 0.6) is 0 Å². The van der Waals surface area contributed by atoms with Crippen LogP contribution >= 0.6 is 56.9 Å². The summed E-state index contributed by atoms with van der Waals surface area (Å²) in [6.45, 7) is 0. The van der Waals surface area contributed by atoms with Gasteiger partial charge in [-0.1, -0.05) is 255 Å². The standard InChI is InChI=1S/C43H25N3S2.C27H14ClN3S2.C16H13BO2/c1-2-10-31-26(8-1)9-7-13-32(31)27-16-18-28(19-17-27)41-44-42(29-20-22-35-33-11-3-5-14-37(33)47-39(35)24-29)46-43(45-41)30-21-23-36-34-12-4-6-15-38(34)48-40(36)25-30;28-27-30-25(15-9-11-19-17-5-1-3-7-21(17)32-23(19)13-15)29-26(31-27)16-10-12-20-18-6-2-4-8-22(18)33-24(20)14-16;18-17(19)14-10-8-13(9-11-14)16-7-3-5-12-4-1-2-6-15(12)16/h1-25H;1-14H;1-11,18-19H. The average Bonchev–Trinajstić information content (AvgIpc) is 1.64. The van der Waals surface area contributed by atoms with Gasteiger partial charge in [-0.15, -0.1) is 45.3 Å². The first-order chi connectivity index (χ1) is 49.2. The van der Waals surface area contributed by atoms with Crippen molar-refractivity contribution in [3.05, 3.63) is 309 Å². The van der Waals surface area contributed by atoms with Crippen molar-refractivity contribution >= 4 is 172 Å². The lowest BCUT2D eigenvalue weighted by molar-refractivity contribution is 0.426. The van der Waals surface area contributed by atoms with E-state index in [9.17, 15) is 0 Å². The molecule has 0 aliphatic carbocycles. The molecule has 0 saturated heterocycles. The van der Waals surface area contributed by atoms with E-state index in [0.29, 0.717) is 34.6 Å². The van der Waals surface area contributed by atoms with Crippen LogP contribution in [0, 0.1) is 0 Å². The Balaban J connectivity index is 0.000000119. The lowest BCUT2D eigenvalue weighted by atomic mass is 9.79. The SMILES string of the molecule is Clc1nc(-c2ccc3c(c2)sc2ccccc23)nc(-c2ccc3c(c2)sc2ccccc23)n1.OB(O)c1ccc(-c2cccc3ccccc23)cc1.c1ccc2c(-c3ccc(-c4nc(-c5ccc6c(c5)sc5ccccc56)nc(-c5ccc6c(c5)sc5ccccc56)n4)cc3)cccc2c1. The maximum absolute atomic E-state index is 9.11. The van der Waals surface area contributed by atoms with Crippen molar-refractivity contribution < 1.29 is 10.0 Å². The summed E-state index contributed by atoms with van der Waals surface area (Å²) in [5.74, 6) is 3.17. The van der Waals surface area contributed by atoms with E-state index in [1.165, 1.54) is 108 Å². The van der Waals surface area contributed by atoms with Gasteiger partial charge in [0.25, 0.3) is 0 Å². The Bertz CT molecular complexity index is 6290. The molecule has 472 valence electrons. The molecule has 8 nitrogen and oxygen atoms in total. The quantitative estimate of drug-likeness (QED) is 0.145. The molecule has 0 bridgehead atoms. The van der Waals surface area contributed by atoms with Crippen molar-refractivity contribution in [2.75, 3.05) is 0 Å². The van der Waals surface area contributed by atoms with Gasteiger partial charge in [-0.05, 0) is 109 Å². The molecular weight excluding hydrogens is 1320 g/mol. The smallest absolute Gasteiger partial charge is 0.423 e. The first-order valence-electron chi connectivity index (χ1n) is 32.6. The molecule has 0 fully saturated rings. The molecule has 0 radical (unpaired) electrons. The molecule has 20 rings (SSSR count). The summed E-state index contributed by atoms with van der Waals surface area (Å²) in [7, 11) is -1.42. The third-order valence-corrected chi connectivity index (χ3v) is 23.0. The first-order valence-corrected chi connectivity index (χ1v) is 36.3. The summed E-state index contributed by atoms with van der Waals surface area (Å²) in [5, 5.41) is 33.4. The highest BCUT2D eigenvalue weighted by Gasteiger charge is 2.19. The van der Waals surface area contributed by atoms with Crippen molar-refractivity contribution in [1.82, 2.24) is 29.9 Å². The molecule has 14 heteroatoms. The van der Waals surface area contributed by atoms with Crippen LogP contribution in [-0.2, 0) is 0 Å². The molecule has 0 unspecified atom stereocenters. The molecular formula is C86H52BClN6O2S4. The van der Waals surface area contributed by atoms with E-state index in [2.05, 4.69) is 271 Å². The highest BCUT2D eigenvalue weighted by Crippen LogP contribution is 2.42. The summed E-state index contributed by atoms with van der Waals surface area (Å²) in [4.78, 5) is 29.0. The van der Waals surface area contributed by atoms with Crippen LogP contribution in [0.1, 0.15) is 0 Å². The predicted molar refractivity (Wildman–Crippen MR) is 426 cm³/mol. The summed E-state index contributed by atoms with van der Waals surface area (Å²) in [6, 6.07) is 105. The number of hydrogen-bond acceptors (Lipinski definition) is 12. The van der Waals surface area contributed by atoms with Crippen LogP contribution in [0.2, 0.25) is 5.28 Å². The van der Waals surface area contributed by atoms with Gasteiger partial charge in [-0.25, -0.2) is 19.9 Å². The number of hydrogen-bond donors (Lipinski definition) is 2. The highest BCUT2D eigenvalue weighted by molar-refractivity contribution is 7.27. The van der Waals surface area contributed by atoms with E-state index in [4.69, 9.17) is 41.6 Å². The number of thiophene rings is 4. The van der Waals surface area contributed by atoms with E-state index in [-0.39, 0.29) is 5.28 Å². The van der Waals surface area contributed by atoms with E-state index in [1.54, 1.807) is 57.5 Å². The van der Waals surface area contributed by atoms with Crippen molar-refractivity contribution in [2.24, 2.45) is 0 Å². The number of halogens is 1. The van der Waals surface area contributed by atoms with Gasteiger partial charge in [0.05, 0.1) is 0 Å². The number of nitrogens with zero attached hydrogens (tertiary/aromatic N) is 6. The van der Waals surface area contributed by atoms with Crippen molar-refractivity contribution in [1.29, 1.82) is 0 Å². The number of rotatable bonds is 8. The minimum atomic E-state index is -1.42. The zero-order valence-corrected chi connectivity index (χ0v) is 57.1. The Hall–Kier alpha value is -11.2.